The lowest BCUT2D eigenvalue weighted by Crippen LogP contribution is -2.19. The van der Waals surface area contributed by atoms with Gasteiger partial charge in [-0.05, 0) is 20.5 Å². The standard InChI is InChI=1S/C13H20N4O2/c1-4-9-19-13-11(18)10-12(15-6-5-14-10)17(13)8-7-16(2)3/h5-6,18H,4,7-9H2,1-3H3. The highest BCUT2D eigenvalue weighted by atomic mass is 16.5. The first-order valence-corrected chi connectivity index (χ1v) is 6.44. The Morgan fingerprint density at radius 2 is 2.05 bits per heavy atom. The van der Waals surface area contributed by atoms with Crippen LogP contribution < -0.4 is 4.74 Å². The van der Waals surface area contributed by atoms with Crippen molar-refractivity contribution in [1.82, 2.24) is 19.4 Å². The van der Waals surface area contributed by atoms with Gasteiger partial charge in [-0.1, -0.05) is 6.92 Å². The molecule has 0 saturated carbocycles. The quantitative estimate of drug-likeness (QED) is 0.856. The van der Waals surface area contributed by atoms with Crippen LogP contribution in [0.2, 0.25) is 0 Å². The van der Waals surface area contributed by atoms with Crippen molar-refractivity contribution in [1.29, 1.82) is 0 Å². The molecule has 0 saturated heterocycles. The number of aromatic nitrogens is 3. The van der Waals surface area contributed by atoms with Crippen LogP contribution in [0.4, 0.5) is 0 Å². The van der Waals surface area contributed by atoms with Crippen LogP contribution in [0.3, 0.4) is 0 Å². The van der Waals surface area contributed by atoms with Gasteiger partial charge >= 0.3 is 0 Å². The molecule has 0 fully saturated rings. The Balaban J connectivity index is 2.43. The minimum atomic E-state index is 0.0790. The number of hydrogen-bond donors (Lipinski definition) is 1. The van der Waals surface area contributed by atoms with Gasteiger partial charge in [0, 0.05) is 25.5 Å². The molecule has 2 aromatic heterocycles. The van der Waals surface area contributed by atoms with Crippen molar-refractivity contribution < 1.29 is 9.84 Å². The van der Waals surface area contributed by atoms with E-state index in [-0.39, 0.29) is 5.75 Å². The molecule has 0 aromatic carbocycles. The second-order valence-electron chi connectivity index (χ2n) is 4.69. The first-order chi connectivity index (χ1) is 9.15. The molecule has 6 heteroatoms. The Bertz CT molecular complexity index is 551. The largest absolute Gasteiger partial charge is 0.502 e. The number of rotatable bonds is 6. The SMILES string of the molecule is CCCOc1c(O)c2nccnc2n1CCN(C)C. The molecule has 2 rings (SSSR count). The molecule has 0 atom stereocenters. The monoisotopic (exact) mass is 264 g/mol. The zero-order chi connectivity index (χ0) is 13.8. The number of hydrogen-bond acceptors (Lipinski definition) is 5. The molecule has 0 radical (unpaired) electrons. The van der Waals surface area contributed by atoms with Crippen LogP contribution in [0.25, 0.3) is 11.2 Å². The average molecular weight is 264 g/mol. The summed E-state index contributed by atoms with van der Waals surface area (Å²) in [6.07, 6.45) is 4.08. The van der Waals surface area contributed by atoms with Crippen molar-refractivity contribution in [3.05, 3.63) is 12.4 Å². The van der Waals surface area contributed by atoms with Crippen molar-refractivity contribution in [2.45, 2.75) is 19.9 Å². The van der Waals surface area contributed by atoms with Crippen molar-refractivity contribution in [3.8, 4) is 11.6 Å². The molecule has 0 unspecified atom stereocenters. The van der Waals surface area contributed by atoms with E-state index in [9.17, 15) is 5.11 Å². The maximum atomic E-state index is 10.2. The molecular weight excluding hydrogens is 244 g/mol. The van der Waals surface area contributed by atoms with E-state index >= 15 is 0 Å². The van der Waals surface area contributed by atoms with Gasteiger partial charge in [0.2, 0.25) is 11.6 Å². The highest BCUT2D eigenvalue weighted by Gasteiger charge is 2.19. The van der Waals surface area contributed by atoms with Crippen molar-refractivity contribution in [2.24, 2.45) is 0 Å². The zero-order valence-electron chi connectivity index (χ0n) is 11.6. The fourth-order valence-electron chi connectivity index (χ4n) is 1.87. The van der Waals surface area contributed by atoms with E-state index in [1.807, 2.05) is 25.6 Å². The first-order valence-electron chi connectivity index (χ1n) is 6.44. The molecule has 2 heterocycles. The van der Waals surface area contributed by atoms with Crippen LogP contribution in [-0.2, 0) is 6.54 Å². The summed E-state index contributed by atoms with van der Waals surface area (Å²) in [5.41, 5.74) is 1.15. The highest BCUT2D eigenvalue weighted by Crippen LogP contribution is 2.35. The van der Waals surface area contributed by atoms with E-state index in [0.29, 0.717) is 30.2 Å². The Labute approximate surface area is 112 Å². The molecular formula is C13H20N4O2. The summed E-state index contributed by atoms with van der Waals surface area (Å²) in [7, 11) is 4.01. The van der Waals surface area contributed by atoms with Crippen LogP contribution in [-0.4, -0.2) is 51.8 Å². The first kappa shape index (κ1) is 13.6. The third-order valence-electron chi connectivity index (χ3n) is 2.82. The van der Waals surface area contributed by atoms with Crippen molar-refractivity contribution in [2.75, 3.05) is 27.2 Å². The minimum absolute atomic E-state index is 0.0790. The van der Waals surface area contributed by atoms with Crippen LogP contribution in [0.5, 0.6) is 11.6 Å². The summed E-state index contributed by atoms with van der Waals surface area (Å²) in [6.45, 7) is 4.12. The molecule has 0 aliphatic rings. The van der Waals surface area contributed by atoms with E-state index < -0.39 is 0 Å². The lowest BCUT2D eigenvalue weighted by molar-refractivity contribution is 0.270. The van der Waals surface area contributed by atoms with Crippen LogP contribution in [0, 0.1) is 0 Å². The van der Waals surface area contributed by atoms with E-state index in [1.165, 1.54) is 0 Å². The van der Waals surface area contributed by atoms with Gasteiger partial charge in [-0.2, -0.15) is 0 Å². The van der Waals surface area contributed by atoms with E-state index in [2.05, 4.69) is 14.9 Å². The number of likely N-dealkylation sites (N-methyl/N-ethyl adjacent to an activating group) is 1. The summed E-state index contributed by atoms with van der Waals surface area (Å²) in [6, 6.07) is 0. The van der Waals surface area contributed by atoms with Crippen molar-refractivity contribution in [3.63, 3.8) is 0 Å². The van der Waals surface area contributed by atoms with Gasteiger partial charge in [0.05, 0.1) is 6.61 Å². The number of ether oxygens (including phenoxy) is 1. The molecule has 0 aliphatic carbocycles. The normalized spacial score (nSPS) is 11.4. The highest BCUT2D eigenvalue weighted by molar-refractivity contribution is 5.82. The second-order valence-corrected chi connectivity index (χ2v) is 4.69. The lowest BCUT2D eigenvalue weighted by atomic mass is 10.5. The van der Waals surface area contributed by atoms with Crippen molar-refractivity contribution >= 4 is 11.2 Å². The summed E-state index contributed by atoms with van der Waals surface area (Å²) in [5, 5.41) is 10.2. The van der Waals surface area contributed by atoms with Crippen LogP contribution >= 0.6 is 0 Å². The average Bonchev–Trinajstić information content (AvgIpc) is 2.67. The topological polar surface area (TPSA) is 63.4 Å². The Kier molecular flexibility index (Phi) is 4.21. The van der Waals surface area contributed by atoms with Crippen LogP contribution in [0.1, 0.15) is 13.3 Å². The Hall–Kier alpha value is -1.82. The predicted octanol–water partition coefficient (Wildman–Crippen LogP) is 1.49. The van der Waals surface area contributed by atoms with Crippen LogP contribution in [0.15, 0.2) is 12.4 Å². The predicted molar refractivity (Wildman–Crippen MR) is 73.5 cm³/mol. The third-order valence-corrected chi connectivity index (χ3v) is 2.82. The van der Waals surface area contributed by atoms with Gasteiger partial charge in [-0.15, -0.1) is 0 Å². The van der Waals surface area contributed by atoms with E-state index in [1.54, 1.807) is 12.4 Å². The summed E-state index contributed by atoms with van der Waals surface area (Å²) in [5.74, 6) is 0.542. The fraction of sp³-hybridized carbons (Fsp3) is 0.538. The minimum Gasteiger partial charge on any atom is -0.502 e. The summed E-state index contributed by atoms with van der Waals surface area (Å²) in [4.78, 5) is 10.5. The maximum Gasteiger partial charge on any atom is 0.241 e. The summed E-state index contributed by atoms with van der Waals surface area (Å²) >= 11 is 0. The van der Waals surface area contributed by atoms with Gasteiger partial charge in [0.25, 0.3) is 0 Å². The summed E-state index contributed by atoms with van der Waals surface area (Å²) < 4.78 is 7.53. The number of fused-ring (bicyclic) bond motifs is 1. The fourth-order valence-corrected chi connectivity index (χ4v) is 1.87. The van der Waals surface area contributed by atoms with Gasteiger partial charge in [-0.3, -0.25) is 4.57 Å². The van der Waals surface area contributed by atoms with Gasteiger partial charge in [0.15, 0.2) is 11.2 Å². The molecule has 19 heavy (non-hydrogen) atoms. The molecule has 104 valence electrons. The Morgan fingerprint density at radius 1 is 1.32 bits per heavy atom. The van der Waals surface area contributed by atoms with Gasteiger partial charge in [-0.25, -0.2) is 9.97 Å². The van der Waals surface area contributed by atoms with Gasteiger partial charge < -0.3 is 14.7 Å². The smallest absolute Gasteiger partial charge is 0.241 e. The molecule has 6 nitrogen and oxygen atoms in total. The molecule has 0 bridgehead atoms. The molecule has 2 aromatic rings. The lowest BCUT2D eigenvalue weighted by Gasteiger charge is -2.13. The molecule has 0 aliphatic heterocycles. The van der Waals surface area contributed by atoms with E-state index in [0.717, 1.165) is 13.0 Å². The zero-order valence-corrected chi connectivity index (χ0v) is 11.6. The van der Waals surface area contributed by atoms with E-state index in [4.69, 9.17) is 4.74 Å². The van der Waals surface area contributed by atoms with Gasteiger partial charge in [0.1, 0.15) is 0 Å². The number of aromatic hydroxyl groups is 1. The second kappa shape index (κ2) is 5.88. The maximum absolute atomic E-state index is 10.2. The third kappa shape index (κ3) is 2.78. The number of nitrogens with zero attached hydrogens (tertiary/aromatic N) is 4. The molecule has 0 amide bonds. The molecule has 1 N–H and O–H groups in total. The molecule has 0 spiro atoms. The Morgan fingerprint density at radius 3 is 2.74 bits per heavy atom.